The molecule has 3 unspecified atom stereocenters. The second-order valence-electron chi connectivity index (χ2n) is 4.58. The van der Waals surface area contributed by atoms with Gasteiger partial charge in [-0.3, -0.25) is 4.79 Å². The zero-order valence-electron chi connectivity index (χ0n) is 12.5. The van der Waals surface area contributed by atoms with E-state index in [1.807, 2.05) is 21.2 Å². The van der Waals surface area contributed by atoms with Gasteiger partial charge in [0.15, 0.2) is 6.29 Å². The fourth-order valence-electron chi connectivity index (χ4n) is 1.68. The minimum absolute atomic E-state index is 0.0918. The standard InChI is InChI=1S/C9H15IO4S.C5H9NO/c1-2-3-12-9-5-7(11)4-8(14-9)6-13-15-10;1-2-3-4-5(6)7/h2,7-9,11H,1,3-6H2;2H,1,3-4H2,(H2,6,7). The highest BCUT2D eigenvalue weighted by Crippen LogP contribution is 2.23. The third-order valence-corrected chi connectivity index (χ3v) is 3.62. The number of amides is 1. The number of hydrogen-bond donors (Lipinski definition) is 2. The van der Waals surface area contributed by atoms with Crippen molar-refractivity contribution in [1.82, 2.24) is 0 Å². The lowest BCUT2D eigenvalue weighted by atomic mass is 10.1. The van der Waals surface area contributed by atoms with Crippen LogP contribution in [-0.4, -0.2) is 42.7 Å². The number of carbonyl (C=O) groups excluding carboxylic acids is 1. The molecule has 1 rings (SSSR count). The van der Waals surface area contributed by atoms with E-state index >= 15 is 0 Å². The molecule has 1 saturated heterocycles. The fraction of sp³-hybridized carbons (Fsp3) is 0.643. The molecule has 0 aliphatic carbocycles. The van der Waals surface area contributed by atoms with Crippen LogP contribution in [0.1, 0.15) is 25.7 Å². The average Bonchev–Trinajstić information content (AvgIpc) is 2.49. The first-order chi connectivity index (χ1) is 10.5. The summed E-state index contributed by atoms with van der Waals surface area (Å²) in [7, 11) is 1.27. The number of ether oxygens (including phenoxy) is 2. The Kier molecular flexibility index (Phi) is 14.4. The first kappa shape index (κ1) is 21.9. The van der Waals surface area contributed by atoms with Gasteiger partial charge in [-0.15, -0.1) is 13.2 Å². The smallest absolute Gasteiger partial charge is 0.217 e. The van der Waals surface area contributed by atoms with Crippen molar-refractivity contribution in [2.75, 3.05) is 13.2 Å². The summed E-state index contributed by atoms with van der Waals surface area (Å²) in [5, 5.41) is 9.60. The Bertz CT molecular complexity index is 332. The van der Waals surface area contributed by atoms with Gasteiger partial charge in [0.25, 0.3) is 0 Å². The molecular weight excluding hydrogens is 421 g/mol. The molecule has 1 aliphatic rings. The van der Waals surface area contributed by atoms with Crippen molar-refractivity contribution in [1.29, 1.82) is 0 Å². The van der Waals surface area contributed by atoms with Crippen molar-refractivity contribution in [3.63, 3.8) is 0 Å². The van der Waals surface area contributed by atoms with E-state index in [0.717, 1.165) is 0 Å². The second kappa shape index (κ2) is 14.5. The number of aliphatic hydroxyl groups excluding tert-OH is 1. The predicted octanol–water partition coefficient (Wildman–Crippen LogP) is 2.51. The van der Waals surface area contributed by atoms with Crippen molar-refractivity contribution in [3.8, 4) is 0 Å². The van der Waals surface area contributed by atoms with Gasteiger partial charge in [-0.25, -0.2) is 0 Å². The quantitative estimate of drug-likeness (QED) is 0.322. The van der Waals surface area contributed by atoms with E-state index in [9.17, 15) is 9.90 Å². The van der Waals surface area contributed by atoms with E-state index in [1.165, 1.54) is 9.21 Å². The van der Waals surface area contributed by atoms with Gasteiger partial charge in [0.05, 0.1) is 34.6 Å². The van der Waals surface area contributed by atoms with Crippen LogP contribution in [0, 0.1) is 0 Å². The lowest BCUT2D eigenvalue weighted by molar-refractivity contribution is -0.214. The molecule has 1 fully saturated rings. The summed E-state index contributed by atoms with van der Waals surface area (Å²) in [5.74, 6) is -0.264. The maximum absolute atomic E-state index is 9.93. The van der Waals surface area contributed by atoms with E-state index in [2.05, 4.69) is 13.2 Å². The number of hydrogen-bond acceptors (Lipinski definition) is 6. The summed E-state index contributed by atoms with van der Waals surface area (Å²) in [6, 6.07) is 0. The molecule has 3 atom stereocenters. The lowest BCUT2D eigenvalue weighted by Gasteiger charge is -2.32. The molecule has 1 heterocycles. The number of allylic oxidation sites excluding steroid dienone is 1. The molecule has 0 aromatic rings. The molecule has 0 saturated carbocycles. The number of aliphatic hydroxyl groups is 1. The zero-order valence-corrected chi connectivity index (χ0v) is 15.5. The van der Waals surface area contributed by atoms with Crippen molar-refractivity contribution in [2.24, 2.45) is 5.73 Å². The molecule has 1 aliphatic heterocycles. The van der Waals surface area contributed by atoms with Crippen LogP contribution in [0.5, 0.6) is 0 Å². The fourth-order valence-corrected chi connectivity index (χ4v) is 2.33. The number of nitrogens with two attached hydrogens (primary N) is 1. The van der Waals surface area contributed by atoms with Crippen LogP contribution in [0.15, 0.2) is 25.3 Å². The maximum Gasteiger partial charge on any atom is 0.217 e. The van der Waals surface area contributed by atoms with Gasteiger partial charge in [0, 0.05) is 40.5 Å². The highest BCUT2D eigenvalue weighted by molar-refractivity contribution is 14.2. The van der Waals surface area contributed by atoms with E-state index in [1.54, 1.807) is 12.2 Å². The van der Waals surface area contributed by atoms with Crippen LogP contribution in [0.25, 0.3) is 0 Å². The molecule has 8 heteroatoms. The molecule has 128 valence electrons. The first-order valence-electron chi connectivity index (χ1n) is 6.88. The van der Waals surface area contributed by atoms with Crippen molar-refractivity contribution >= 4 is 36.3 Å². The monoisotopic (exact) mass is 445 g/mol. The second-order valence-corrected chi connectivity index (χ2v) is 6.02. The maximum atomic E-state index is 9.93. The Labute approximate surface area is 148 Å². The van der Waals surface area contributed by atoms with E-state index in [4.69, 9.17) is 19.4 Å². The van der Waals surface area contributed by atoms with Crippen LogP contribution in [0.4, 0.5) is 0 Å². The third-order valence-electron chi connectivity index (χ3n) is 2.64. The van der Waals surface area contributed by atoms with Crippen LogP contribution in [0.3, 0.4) is 0 Å². The minimum Gasteiger partial charge on any atom is -0.393 e. The highest BCUT2D eigenvalue weighted by atomic mass is 127. The Morgan fingerprint density at radius 3 is 2.68 bits per heavy atom. The van der Waals surface area contributed by atoms with Gasteiger partial charge < -0.3 is 24.5 Å². The molecule has 6 nitrogen and oxygen atoms in total. The van der Waals surface area contributed by atoms with Crippen LogP contribution >= 0.6 is 30.4 Å². The number of halogens is 1. The molecule has 0 aromatic heterocycles. The van der Waals surface area contributed by atoms with Crippen LogP contribution < -0.4 is 5.73 Å². The SMILES string of the molecule is C=CCCC(N)=O.C=CCOC1CC(O)CC(COSI)O1. The van der Waals surface area contributed by atoms with Crippen molar-refractivity contribution in [2.45, 2.75) is 44.2 Å². The van der Waals surface area contributed by atoms with Crippen LogP contribution in [0.2, 0.25) is 0 Å². The Hall–Kier alpha value is -0.130. The Morgan fingerprint density at radius 1 is 1.45 bits per heavy atom. The normalized spacial score (nSPS) is 24.0. The number of primary amides is 1. The summed E-state index contributed by atoms with van der Waals surface area (Å²) >= 11 is 2.05. The largest absolute Gasteiger partial charge is 0.393 e. The predicted molar refractivity (Wildman–Crippen MR) is 96.2 cm³/mol. The van der Waals surface area contributed by atoms with Gasteiger partial charge in [0.2, 0.25) is 5.91 Å². The zero-order chi connectivity index (χ0) is 16.8. The molecule has 0 radical (unpaired) electrons. The van der Waals surface area contributed by atoms with Gasteiger partial charge in [-0.1, -0.05) is 12.2 Å². The van der Waals surface area contributed by atoms with Crippen molar-refractivity contribution < 1.29 is 23.6 Å². The lowest BCUT2D eigenvalue weighted by Crippen LogP contribution is -2.39. The Morgan fingerprint density at radius 2 is 2.18 bits per heavy atom. The van der Waals surface area contributed by atoms with Gasteiger partial charge in [0.1, 0.15) is 0 Å². The molecule has 1 amide bonds. The first-order valence-corrected chi connectivity index (χ1v) is 10.2. The highest BCUT2D eigenvalue weighted by Gasteiger charge is 2.28. The van der Waals surface area contributed by atoms with E-state index in [0.29, 0.717) is 38.9 Å². The summed E-state index contributed by atoms with van der Waals surface area (Å²) in [6.45, 7) is 7.89. The van der Waals surface area contributed by atoms with E-state index < -0.39 is 0 Å². The number of rotatable bonds is 9. The molecule has 22 heavy (non-hydrogen) atoms. The van der Waals surface area contributed by atoms with Crippen molar-refractivity contribution in [3.05, 3.63) is 25.3 Å². The Balaban J connectivity index is 0.000000534. The van der Waals surface area contributed by atoms with Gasteiger partial charge >= 0.3 is 0 Å². The third kappa shape index (κ3) is 12.4. The number of carbonyl (C=O) groups is 1. The average molecular weight is 445 g/mol. The summed E-state index contributed by atoms with van der Waals surface area (Å²) in [4.78, 5) is 9.93. The minimum atomic E-state index is -0.374. The topological polar surface area (TPSA) is 91.0 Å². The summed E-state index contributed by atoms with van der Waals surface area (Å²) < 4.78 is 16.1. The molecule has 0 aromatic carbocycles. The summed E-state index contributed by atoms with van der Waals surface area (Å²) in [5.41, 5.74) is 4.79. The van der Waals surface area contributed by atoms with Crippen LogP contribution in [-0.2, 0) is 18.5 Å². The molecular formula is C14H24INO5S. The van der Waals surface area contributed by atoms with Gasteiger partial charge in [-0.2, -0.15) is 0 Å². The van der Waals surface area contributed by atoms with E-state index in [-0.39, 0.29) is 24.4 Å². The van der Waals surface area contributed by atoms with Gasteiger partial charge in [-0.05, 0) is 6.42 Å². The summed E-state index contributed by atoms with van der Waals surface area (Å²) in [6.07, 6.45) is 4.75. The molecule has 3 N–H and O–H groups in total. The molecule has 0 bridgehead atoms. The molecule has 0 spiro atoms.